The number of ether oxygens (including phenoxy) is 1. The van der Waals surface area contributed by atoms with Gasteiger partial charge in [0.25, 0.3) is 0 Å². The van der Waals surface area contributed by atoms with E-state index in [1.807, 2.05) is 6.92 Å². The Labute approximate surface area is 103 Å². The number of hydrogen-bond acceptors (Lipinski definition) is 3. The normalized spacial score (nSPS) is 15.2. The molecule has 0 amide bonds. The highest BCUT2D eigenvalue weighted by Gasteiger charge is 2.31. The molecule has 0 aliphatic rings. The van der Waals surface area contributed by atoms with E-state index in [2.05, 4.69) is 4.74 Å². The minimum atomic E-state index is -4.68. The van der Waals surface area contributed by atoms with Crippen LogP contribution in [-0.4, -0.2) is 24.6 Å². The lowest BCUT2D eigenvalue weighted by molar-refractivity contribution is -0.274. The largest absolute Gasteiger partial charge is 0.573 e. The molecule has 0 fully saturated rings. The Morgan fingerprint density at radius 2 is 1.78 bits per heavy atom. The molecule has 0 saturated carbocycles. The molecule has 0 radical (unpaired) electrons. The Morgan fingerprint density at radius 3 is 2.17 bits per heavy atom. The Bertz CT molecular complexity index is 372. The SMILES string of the molecule is CC(CN)(CO)Cc1ccc(OC(F)(F)F)cc1. The molecule has 0 aromatic heterocycles. The number of benzene rings is 1. The summed E-state index contributed by atoms with van der Waals surface area (Å²) in [6.45, 7) is 2.03. The highest BCUT2D eigenvalue weighted by Crippen LogP contribution is 2.25. The Hall–Kier alpha value is -1.27. The molecule has 0 aliphatic heterocycles. The molecule has 0 heterocycles. The van der Waals surface area contributed by atoms with Crippen LogP contribution in [0.5, 0.6) is 5.75 Å². The van der Waals surface area contributed by atoms with Gasteiger partial charge in [-0.3, -0.25) is 0 Å². The summed E-state index contributed by atoms with van der Waals surface area (Å²) in [7, 11) is 0. The number of alkyl halides is 3. The van der Waals surface area contributed by atoms with Gasteiger partial charge in [-0.15, -0.1) is 13.2 Å². The molecular formula is C12H16F3NO2. The van der Waals surface area contributed by atoms with E-state index in [1.54, 1.807) is 0 Å². The zero-order valence-electron chi connectivity index (χ0n) is 10.00. The molecule has 1 aromatic carbocycles. The van der Waals surface area contributed by atoms with Crippen molar-refractivity contribution in [3.8, 4) is 5.75 Å². The van der Waals surface area contributed by atoms with Crippen molar-refractivity contribution in [3.05, 3.63) is 29.8 Å². The maximum Gasteiger partial charge on any atom is 0.573 e. The first-order chi connectivity index (χ1) is 8.28. The molecule has 0 bridgehead atoms. The lowest BCUT2D eigenvalue weighted by Crippen LogP contribution is -2.33. The summed E-state index contributed by atoms with van der Waals surface area (Å²) in [4.78, 5) is 0. The van der Waals surface area contributed by atoms with E-state index in [4.69, 9.17) is 5.73 Å². The van der Waals surface area contributed by atoms with E-state index in [1.165, 1.54) is 24.3 Å². The number of rotatable bonds is 5. The van der Waals surface area contributed by atoms with E-state index < -0.39 is 11.8 Å². The quantitative estimate of drug-likeness (QED) is 0.855. The monoisotopic (exact) mass is 263 g/mol. The second kappa shape index (κ2) is 5.58. The summed E-state index contributed by atoms with van der Waals surface area (Å²) < 4.78 is 39.6. The van der Waals surface area contributed by atoms with Crippen LogP contribution in [0.1, 0.15) is 12.5 Å². The molecule has 1 unspecified atom stereocenters. The zero-order valence-corrected chi connectivity index (χ0v) is 10.00. The highest BCUT2D eigenvalue weighted by molar-refractivity contribution is 5.28. The molecule has 3 N–H and O–H groups in total. The van der Waals surface area contributed by atoms with Crippen LogP contribution in [0.3, 0.4) is 0 Å². The van der Waals surface area contributed by atoms with E-state index >= 15 is 0 Å². The highest BCUT2D eigenvalue weighted by atomic mass is 19.4. The summed E-state index contributed by atoms with van der Waals surface area (Å²) >= 11 is 0. The summed E-state index contributed by atoms with van der Waals surface area (Å²) in [6, 6.07) is 5.56. The first kappa shape index (κ1) is 14.8. The lowest BCUT2D eigenvalue weighted by Gasteiger charge is -2.25. The fourth-order valence-corrected chi connectivity index (χ4v) is 1.49. The molecule has 6 heteroatoms. The number of aliphatic hydroxyl groups is 1. The third kappa shape index (κ3) is 4.54. The van der Waals surface area contributed by atoms with Gasteiger partial charge in [0, 0.05) is 18.6 Å². The van der Waals surface area contributed by atoms with Gasteiger partial charge in [0.05, 0.1) is 0 Å². The molecule has 0 saturated heterocycles. The van der Waals surface area contributed by atoms with E-state index in [9.17, 15) is 18.3 Å². The Morgan fingerprint density at radius 1 is 1.22 bits per heavy atom. The van der Waals surface area contributed by atoms with E-state index in [0.29, 0.717) is 13.0 Å². The Kier molecular flexibility index (Phi) is 4.59. The van der Waals surface area contributed by atoms with Gasteiger partial charge in [-0.05, 0) is 24.1 Å². The van der Waals surface area contributed by atoms with Crippen molar-refractivity contribution in [1.29, 1.82) is 0 Å². The van der Waals surface area contributed by atoms with Crippen molar-refractivity contribution in [3.63, 3.8) is 0 Å². The maximum atomic E-state index is 12.0. The van der Waals surface area contributed by atoms with Crippen molar-refractivity contribution in [2.24, 2.45) is 11.1 Å². The third-order valence-electron chi connectivity index (χ3n) is 2.66. The molecule has 1 atom stereocenters. The van der Waals surface area contributed by atoms with Crippen LogP contribution in [0.15, 0.2) is 24.3 Å². The fraction of sp³-hybridized carbons (Fsp3) is 0.500. The summed E-state index contributed by atoms with van der Waals surface area (Å²) in [6.07, 6.45) is -4.19. The second-order valence-electron chi connectivity index (χ2n) is 4.54. The van der Waals surface area contributed by atoms with Crippen molar-refractivity contribution in [1.82, 2.24) is 0 Å². The van der Waals surface area contributed by atoms with Crippen LogP contribution in [0.25, 0.3) is 0 Å². The van der Waals surface area contributed by atoms with Gasteiger partial charge >= 0.3 is 6.36 Å². The minimum absolute atomic E-state index is 0.0791. The third-order valence-corrected chi connectivity index (χ3v) is 2.66. The first-order valence-corrected chi connectivity index (χ1v) is 5.44. The van der Waals surface area contributed by atoms with Crippen molar-refractivity contribution in [2.45, 2.75) is 19.7 Å². The summed E-state index contributed by atoms with van der Waals surface area (Å²) in [5, 5.41) is 9.20. The van der Waals surface area contributed by atoms with Crippen LogP contribution < -0.4 is 10.5 Å². The standard InChI is InChI=1S/C12H16F3NO2/c1-11(7-16,8-17)6-9-2-4-10(5-3-9)18-12(13,14)15/h2-5,17H,6-8,16H2,1H3. The topological polar surface area (TPSA) is 55.5 Å². The number of halogens is 3. The predicted octanol–water partition coefficient (Wildman–Crippen LogP) is 2.08. The minimum Gasteiger partial charge on any atom is -0.406 e. The molecule has 0 spiro atoms. The van der Waals surface area contributed by atoms with Crippen LogP contribution in [0.4, 0.5) is 13.2 Å². The van der Waals surface area contributed by atoms with Gasteiger partial charge < -0.3 is 15.6 Å². The maximum absolute atomic E-state index is 12.0. The van der Waals surface area contributed by atoms with E-state index in [0.717, 1.165) is 5.56 Å². The molecule has 1 rings (SSSR count). The molecule has 18 heavy (non-hydrogen) atoms. The molecule has 0 aliphatic carbocycles. The number of nitrogens with two attached hydrogens (primary N) is 1. The smallest absolute Gasteiger partial charge is 0.406 e. The van der Waals surface area contributed by atoms with Crippen molar-refractivity contribution < 1.29 is 23.0 Å². The average molecular weight is 263 g/mol. The molecular weight excluding hydrogens is 247 g/mol. The lowest BCUT2D eigenvalue weighted by atomic mass is 9.84. The van der Waals surface area contributed by atoms with Gasteiger partial charge in [-0.25, -0.2) is 0 Å². The Balaban J connectivity index is 2.71. The second-order valence-corrected chi connectivity index (χ2v) is 4.54. The van der Waals surface area contributed by atoms with Gasteiger partial charge in [-0.2, -0.15) is 0 Å². The van der Waals surface area contributed by atoms with Gasteiger partial charge in [0.15, 0.2) is 0 Å². The van der Waals surface area contributed by atoms with Crippen LogP contribution in [0.2, 0.25) is 0 Å². The summed E-state index contributed by atoms with van der Waals surface area (Å²) in [5.41, 5.74) is 5.88. The zero-order chi connectivity index (χ0) is 13.8. The summed E-state index contributed by atoms with van der Waals surface area (Å²) in [5.74, 6) is -0.260. The van der Waals surface area contributed by atoms with Crippen LogP contribution in [0, 0.1) is 5.41 Å². The molecule has 3 nitrogen and oxygen atoms in total. The first-order valence-electron chi connectivity index (χ1n) is 5.44. The van der Waals surface area contributed by atoms with E-state index in [-0.39, 0.29) is 12.4 Å². The predicted molar refractivity (Wildman–Crippen MR) is 61.1 cm³/mol. The van der Waals surface area contributed by atoms with Gasteiger partial charge in [0.1, 0.15) is 5.75 Å². The van der Waals surface area contributed by atoms with Crippen LogP contribution >= 0.6 is 0 Å². The fourth-order valence-electron chi connectivity index (χ4n) is 1.49. The molecule has 1 aromatic rings. The van der Waals surface area contributed by atoms with Crippen molar-refractivity contribution >= 4 is 0 Å². The van der Waals surface area contributed by atoms with Crippen LogP contribution in [-0.2, 0) is 6.42 Å². The van der Waals surface area contributed by atoms with Crippen molar-refractivity contribution in [2.75, 3.05) is 13.2 Å². The van der Waals surface area contributed by atoms with Gasteiger partial charge in [0.2, 0.25) is 0 Å². The van der Waals surface area contributed by atoms with Gasteiger partial charge in [-0.1, -0.05) is 19.1 Å². The number of hydrogen-bond donors (Lipinski definition) is 2. The average Bonchev–Trinajstić information content (AvgIpc) is 2.30. The molecule has 102 valence electrons. The number of aliphatic hydroxyl groups excluding tert-OH is 1.